The van der Waals surface area contributed by atoms with Gasteiger partial charge in [-0.2, -0.15) is 0 Å². The molecule has 0 spiro atoms. The van der Waals surface area contributed by atoms with E-state index in [-0.39, 0.29) is 18.4 Å². The number of hydrogen-bond donors (Lipinski definition) is 2. The Bertz CT molecular complexity index is 427. The van der Waals surface area contributed by atoms with E-state index in [0.717, 1.165) is 32.8 Å². The molecule has 1 aliphatic heterocycles. The van der Waals surface area contributed by atoms with Crippen molar-refractivity contribution in [1.29, 1.82) is 0 Å². The number of carbonyl (C=O) groups is 2. The molecule has 0 aromatic carbocycles. The van der Waals surface area contributed by atoms with Crippen LogP contribution in [-0.4, -0.2) is 62.7 Å². The fraction of sp³-hybridized carbons (Fsp3) is 0.538. The molecular weight excluding hydrogens is 262 g/mol. The second-order valence-corrected chi connectivity index (χ2v) is 4.50. The van der Waals surface area contributed by atoms with Crippen molar-refractivity contribution in [3.8, 4) is 0 Å². The van der Waals surface area contributed by atoms with Crippen LogP contribution in [0.15, 0.2) is 23.0 Å². The van der Waals surface area contributed by atoms with Crippen molar-refractivity contribution in [3.63, 3.8) is 0 Å². The molecule has 0 bridgehead atoms. The highest BCUT2D eigenvalue weighted by Crippen LogP contribution is 1.98. The molecule has 0 atom stereocenters. The normalized spacial score (nSPS) is 15.8. The van der Waals surface area contributed by atoms with E-state index in [4.69, 9.17) is 9.15 Å². The van der Waals surface area contributed by atoms with E-state index in [2.05, 4.69) is 15.5 Å². The van der Waals surface area contributed by atoms with Crippen molar-refractivity contribution in [3.05, 3.63) is 24.2 Å². The first-order valence-electron chi connectivity index (χ1n) is 6.63. The fourth-order valence-corrected chi connectivity index (χ4v) is 1.90. The van der Waals surface area contributed by atoms with Gasteiger partial charge >= 0.3 is 0 Å². The highest BCUT2D eigenvalue weighted by atomic mass is 16.5. The van der Waals surface area contributed by atoms with Gasteiger partial charge in [0.2, 0.25) is 5.91 Å². The minimum Gasteiger partial charge on any atom is -0.472 e. The number of rotatable bonds is 6. The van der Waals surface area contributed by atoms with Crippen LogP contribution < -0.4 is 10.6 Å². The lowest BCUT2D eigenvalue weighted by atomic mass is 10.3. The first-order chi connectivity index (χ1) is 9.75. The smallest absolute Gasteiger partial charge is 0.254 e. The summed E-state index contributed by atoms with van der Waals surface area (Å²) in [5, 5.41) is 5.30. The predicted molar refractivity (Wildman–Crippen MR) is 71.3 cm³/mol. The Labute approximate surface area is 117 Å². The topological polar surface area (TPSA) is 83.8 Å². The highest BCUT2D eigenvalue weighted by molar-refractivity contribution is 5.96. The maximum Gasteiger partial charge on any atom is 0.254 e. The van der Waals surface area contributed by atoms with Gasteiger partial charge in [-0.15, -0.1) is 0 Å². The summed E-state index contributed by atoms with van der Waals surface area (Å²) in [4.78, 5) is 25.4. The van der Waals surface area contributed by atoms with Gasteiger partial charge in [0.15, 0.2) is 0 Å². The van der Waals surface area contributed by atoms with Gasteiger partial charge in [-0.25, -0.2) is 0 Å². The van der Waals surface area contributed by atoms with Gasteiger partial charge in [0.05, 0.1) is 31.6 Å². The Balaban J connectivity index is 1.57. The molecule has 2 amide bonds. The van der Waals surface area contributed by atoms with E-state index >= 15 is 0 Å². The van der Waals surface area contributed by atoms with Gasteiger partial charge in [0.25, 0.3) is 5.91 Å². The number of amides is 2. The Hall–Kier alpha value is -1.86. The number of hydrogen-bond acceptors (Lipinski definition) is 5. The summed E-state index contributed by atoms with van der Waals surface area (Å²) in [7, 11) is 0. The summed E-state index contributed by atoms with van der Waals surface area (Å²) >= 11 is 0. The molecule has 2 N–H and O–H groups in total. The summed E-state index contributed by atoms with van der Waals surface area (Å²) in [5.41, 5.74) is 0.408. The van der Waals surface area contributed by atoms with Crippen LogP contribution in [0.1, 0.15) is 10.4 Å². The SMILES string of the molecule is O=C(CNC(=O)c1ccoc1)NCCN1CCOCC1. The number of morpholine rings is 1. The summed E-state index contributed by atoms with van der Waals surface area (Å²) in [6.45, 7) is 4.61. The quantitative estimate of drug-likeness (QED) is 0.731. The maximum atomic E-state index is 11.6. The van der Waals surface area contributed by atoms with Gasteiger partial charge in [0.1, 0.15) is 6.26 Å². The number of furan rings is 1. The molecule has 0 unspecified atom stereocenters. The molecule has 110 valence electrons. The van der Waals surface area contributed by atoms with Crippen LogP contribution in [0.5, 0.6) is 0 Å². The van der Waals surface area contributed by atoms with Crippen LogP contribution in [0.25, 0.3) is 0 Å². The number of nitrogens with one attached hydrogen (secondary N) is 2. The summed E-state index contributed by atoms with van der Waals surface area (Å²) < 4.78 is 10.0. The molecule has 0 radical (unpaired) electrons. The van der Waals surface area contributed by atoms with Crippen LogP contribution >= 0.6 is 0 Å². The van der Waals surface area contributed by atoms with E-state index in [0.29, 0.717) is 12.1 Å². The van der Waals surface area contributed by atoms with Crippen LogP contribution in [0.4, 0.5) is 0 Å². The van der Waals surface area contributed by atoms with Gasteiger partial charge in [-0.3, -0.25) is 14.5 Å². The Morgan fingerprint density at radius 2 is 2.05 bits per heavy atom. The number of carbonyl (C=O) groups excluding carboxylic acids is 2. The molecular formula is C13H19N3O4. The number of nitrogens with zero attached hydrogens (tertiary/aromatic N) is 1. The van der Waals surface area contributed by atoms with Crippen LogP contribution in [0.3, 0.4) is 0 Å². The summed E-state index contributed by atoms with van der Waals surface area (Å²) in [6.07, 6.45) is 2.75. The van der Waals surface area contributed by atoms with Crippen molar-refractivity contribution >= 4 is 11.8 Å². The average molecular weight is 281 g/mol. The van der Waals surface area contributed by atoms with Gasteiger partial charge in [0, 0.05) is 26.2 Å². The third kappa shape index (κ3) is 4.67. The molecule has 2 heterocycles. The maximum absolute atomic E-state index is 11.6. The van der Waals surface area contributed by atoms with Gasteiger partial charge in [-0.05, 0) is 6.07 Å². The molecule has 1 saturated heterocycles. The molecule has 7 nitrogen and oxygen atoms in total. The highest BCUT2D eigenvalue weighted by Gasteiger charge is 2.11. The second-order valence-electron chi connectivity index (χ2n) is 4.50. The average Bonchev–Trinajstić information content (AvgIpc) is 3.00. The molecule has 1 aliphatic rings. The zero-order valence-corrected chi connectivity index (χ0v) is 11.3. The van der Waals surface area contributed by atoms with Crippen molar-refractivity contribution in [2.75, 3.05) is 45.9 Å². The number of ether oxygens (including phenoxy) is 1. The van der Waals surface area contributed by atoms with Gasteiger partial charge < -0.3 is 19.8 Å². The zero-order valence-electron chi connectivity index (χ0n) is 11.3. The van der Waals surface area contributed by atoms with E-state index in [1.807, 2.05) is 0 Å². The first-order valence-corrected chi connectivity index (χ1v) is 6.63. The monoisotopic (exact) mass is 281 g/mol. The van der Waals surface area contributed by atoms with Crippen molar-refractivity contribution < 1.29 is 18.7 Å². The van der Waals surface area contributed by atoms with E-state index in [1.165, 1.54) is 12.5 Å². The third-order valence-corrected chi connectivity index (χ3v) is 3.05. The minimum absolute atomic E-state index is 0.0346. The Morgan fingerprint density at radius 3 is 2.75 bits per heavy atom. The molecule has 0 aliphatic carbocycles. The Kier molecular flexibility index (Phi) is 5.57. The molecule has 1 aromatic heterocycles. The van der Waals surface area contributed by atoms with Crippen molar-refractivity contribution in [2.24, 2.45) is 0 Å². The fourth-order valence-electron chi connectivity index (χ4n) is 1.90. The first kappa shape index (κ1) is 14.5. The molecule has 7 heteroatoms. The molecule has 2 rings (SSSR count). The second kappa shape index (κ2) is 7.66. The molecule has 20 heavy (non-hydrogen) atoms. The molecule has 0 saturated carbocycles. The summed E-state index contributed by atoms with van der Waals surface area (Å²) in [5.74, 6) is -0.516. The van der Waals surface area contributed by atoms with Crippen molar-refractivity contribution in [1.82, 2.24) is 15.5 Å². The van der Waals surface area contributed by atoms with Crippen LogP contribution in [-0.2, 0) is 9.53 Å². The van der Waals surface area contributed by atoms with E-state index in [9.17, 15) is 9.59 Å². The molecule has 1 fully saturated rings. The zero-order chi connectivity index (χ0) is 14.2. The predicted octanol–water partition coefficient (Wildman–Crippen LogP) is -0.542. The lowest BCUT2D eigenvalue weighted by Gasteiger charge is -2.26. The summed E-state index contributed by atoms with van der Waals surface area (Å²) in [6, 6.07) is 1.55. The minimum atomic E-state index is -0.318. The third-order valence-electron chi connectivity index (χ3n) is 3.05. The van der Waals surface area contributed by atoms with E-state index in [1.54, 1.807) is 6.07 Å². The van der Waals surface area contributed by atoms with Crippen molar-refractivity contribution in [2.45, 2.75) is 0 Å². The van der Waals surface area contributed by atoms with Crippen LogP contribution in [0, 0.1) is 0 Å². The lowest BCUT2D eigenvalue weighted by Crippen LogP contribution is -2.43. The van der Waals surface area contributed by atoms with Crippen LogP contribution in [0.2, 0.25) is 0 Å². The standard InChI is InChI=1S/C13H19N3O4/c17-12(9-15-13(18)11-1-6-20-10-11)14-2-3-16-4-7-19-8-5-16/h1,6,10H,2-5,7-9H2,(H,14,17)(H,15,18). The molecule has 1 aromatic rings. The van der Waals surface area contributed by atoms with E-state index < -0.39 is 0 Å². The largest absolute Gasteiger partial charge is 0.472 e. The Morgan fingerprint density at radius 1 is 1.25 bits per heavy atom. The van der Waals surface area contributed by atoms with Gasteiger partial charge in [-0.1, -0.05) is 0 Å². The lowest BCUT2D eigenvalue weighted by molar-refractivity contribution is -0.120.